The van der Waals surface area contributed by atoms with Crippen LogP contribution in [0.2, 0.25) is 0 Å². The van der Waals surface area contributed by atoms with Gasteiger partial charge in [0, 0.05) is 11.0 Å². The first-order valence-electron chi connectivity index (χ1n) is 10.2. The van der Waals surface area contributed by atoms with Crippen molar-refractivity contribution in [2.24, 2.45) is 0 Å². The summed E-state index contributed by atoms with van der Waals surface area (Å²) in [6.45, 7) is 5.35. The lowest BCUT2D eigenvalue weighted by Gasteiger charge is -2.17. The summed E-state index contributed by atoms with van der Waals surface area (Å²) in [5, 5.41) is 12.5. The van der Waals surface area contributed by atoms with Gasteiger partial charge in [0.05, 0.1) is 25.0 Å². The van der Waals surface area contributed by atoms with E-state index < -0.39 is 5.97 Å². The van der Waals surface area contributed by atoms with Gasteiger partial charge in [-0.05, 0) is 60.9 Å². The van der Waals surface area contributed by atoms with Crippen LogP contribution in [-0.2, 0) is 13.2 Å². The van der Waals surface area contributed by atoms with Gasteiger partial charge in [-0.15, -0.1) is 0 Å². The number of ether oxygens (including phenoxy) is 3. The van der Waals surface area contributed by atoms with E-state index in [4.69, 9.17) is 14.2 Å². The molecular formula is C25H26BrNO5. The maximum atomic E-state index is 11.3. The lowest BCUT2D eigenvalue weighted by Crippen LogP contribution is -2.06. The summed E-state index contributed by atoms with van der Waals surface area (Å²) in [5.41, 5.74) is 3.99. The molecule has 2 N–H and O–H groups in total. The minimum Gasteiger partial charge on any atom is -0.495 e. The highest BCUT2D eigenvalue weighted by molar-refractivity contribution is 9.10. The van der Waals surface area contributed by atoms with Crippen molar-refractivity contribution in [3.05, 3.63) is 81.3 Å². The Hall–Kier alpha value is -3.19. The first kappa shape index (κ1) is 23.5. The third-order valence-corrected chi connectivity index (χ3v) is 5.71. The van der Waals surface area contributed by atoms with Crippen molar-refractivity contribution in [3.63, 3.8) is 0 Å². The Bertz CT molecular complexity index is 1100. The summed E-state index contributed by atoms with van der Waals surface area (Å²) in [6.07, 6.45) is 0. The Balaban J connectivity index is 1.81. The number of anilines is 1. The standard InChI is InChI=1S/C25H26BrNO5/c1-4-31-23-12-19(14-27-21-11-17(25(28)29)9-10-22(21)30-3)20(26)13-24(23)32-15-18-8-6-5-7-16(18)2/h5-13,27H,4,14-15H2,1-3H3,(H,28,29). The first-order valence-corrected chi connectivity index (χ1v) is 11.0. The van der Waals surface area contributed by atoms with Crippen LogP contribution in [0.3, 0.4) is 0 Å². The Morgan fingerprint density at radius 3 is 2.44 bits per heavy atom. The summed E-state index contributed by atoms with van der Waals surface area (Å²) in [5.74, 6) is 0.864. The average molecular weight is 500 g/mol. The molecule has 0 unspecified atom stereocenters. The predicted octanol–water partition coefficient (Wildman–Crippen LogP) is 6.05. The van der Waals surface area contributed by atoms with Crippen molar-refractivity contribution in [1.29, 1.82) is 0 Å². The minimum atomic E-state index is -0.995. The smallest absolute Gasteiger partial charge is 0.335 e. The second kappa shape index (κ2) is 10.9. The zero-order valence-corrected chi connectivity index (χ0v) is 19.9. The van der Waals surface area contributed by atoms with E-state index in [1.54, 1.807) is 19.2 Å². The number of hydrogen-bond acceptors (Lipinski definition) is 5. The van der Waals surface area contributed by atoms with Crippen molar-refractivity contribution in [1.82, 2.24) is 0 Å². The SMILES string of the molecule is CCOc1cc(CNc2cc(C(=O)O)ccc2OC)c(Br)cc1OCc1ccccc1C. The van der Waals surface area contributed by atoms with E-state index in [9.17, 15) is 9.90 Å². The molecule has 3 aromatic rings. The van der Waals surface area contributed by atoms with Gasteiger partial charge in [0.15, 0.2) is 11.5 Å². The van der Waals surface area contributed by atoms with Gasteiger partial charge in [-0.25, -0.2) is 4.79 Å². The fraction of sp³-hybridized carbons (Fsp3) is 0.240. The van der Waals surface area contributed by atoms with Crippen molar-refractivity contribution in [2.45, 2.75) is 27.0 Å². The molecule has 0 fully saturated rings. The highest BCUT2D eigenvalue weighted by Gasteiger charge is 2.14. The van der Waals surface area contributed by atoms with E-state index in [-0.39, 0.29) is 5.56 Å². The summed E-state index contributed by atoms with van der Waals surface area (Å²) in [7, 11) is 1.55. The molecule has 0 aromatic heterocycles. The lowest BCUT2D eigenvalue weighted by molar-refractivity contribution is 0.0697. The van der Waals surface area contributed by atoms with E-state index in [0.29, 0.717) is 42.7 Å². The summed E-state index contributed by atoms with van der Waals surface area (Å²) >= 11 is 3.62. The van der Waals surface area contributed by atoms with Gasteiger partial charge < -0.3 is 24.6 Å². The number of hydrogen-bond donors (Lipinski definition) is 2. The van der Waals surface area contributed by atoms with Crippen LogP contribution in [0, 0.1) is 6.92 Å². The van der Waals surface area contributed by atoms with Gasteiger partial charge in [0.2, 0.25) is 0 Å². The molecule has 0 bridgehead atoms. The van der Waals surface area contributed by atoms with Crippen molar-refractivity contribution in [3.8, 4) is 17.2 Å². The molecule has 32 heavy (non-hydrogen) atoms. The molecule has 0 spiro atoms. The van der Waals surface area contributed by atoms with Crippen LogP contribution in [0.25, 0.3) is 0 Å². The van der Waals surface area contributed by atoms with Gasteiger partial charge in [-0.1, -0.05) is 40.2 Å². The van der Waals surface area contributed by atoms with Crippen LogP contribution in [0.4, 0.5) is 5.69 Å². The minimum absolute atomic E-state index is 0.183. The highest BCUT2D eigenvalue weighted by atomic mass is 79.9. The molecule has 3 rings (SSSR count). The number of benzene rings is 3. The predicted molar refractivity (Wildman–Crippen MR) is 128 cm³/mol. The number of rotatable bonds is 10. The molecule has 0 aliphatic carbocycles. The Labute approximate surface area is 196 Å². The molecule has 0 saturated heterocycles. The molecule has 0 heterocycles. The van der Waals surface area contributed by atoms with Crippen LogP contribution in [-0.4, -0.2) is 24.8 Å². The fourth-order valence-electron chi connectivity index (χ4n) is 3.19. The molecule has 0 atom stereocenters. The number of carbonyl (C=O) groups is 1. The van der Waals surface area contributed by atoms with Crippen LogP contribution in [0.5, 0.6) is 17.2 Å². The third-order valence-electron chi connectivity index (χ3n) is 4.97. The van der Waals surface area contributed by atoms with E-state index >= 15 is 0 Å². The molecule has 3 aromatic carbocycles. The average Bonchev–Trinajstić information content (AvgIpc) is 2.78. The maximum absolute atomic E-state index is 11.3. The van der Waals surface area contributed by atoms with Crippen molar-refractivity contribution < 1.29 is 24.1 Å². The van der Waals surface area contributed by atoms with E-state index in [0.717, 1.165) is 15.6 Å². The Morgan fingerprint density at radius 1 is 1.00 bits per heavy atom. The summed E-state index contributed by atoms with van der Waals surface area (Å²) in [4.78, 5) is 11.3. The zero-order valence-electron chi connectivity index (χ0n) is 18.3. The van der Waals surface area contributed by atoms with Gasteiger partial charge in [0.1, 0.15) is 12.4 Å². The molecule has 0 aliphatic rings. The van der Waals surface area contributed by atoms with E-state index in [2.05, 4.69) is 34.2 Å². The second-order valence-electron chi connectivity index (χ2n) is 7.11. The first-order chi connectivity index (χ1) is 15.4. The van der Waals surface area contributed by atoms with Crippen LogP contribution >= 0.6 is 15.9 Å². The number of aromatic carboxylic acids is 1. The van der Waals surface area contributed by atoms with Gasteiger partial charge in [0.25, 0.3) is 0 Å². The van der Waals surface area contributed by atoms with Crippen molar-refractivity contribution >= 4 is 27.6 Å². The molecule has 0 aliphatic heterocycles. The number of aryl methyl sites for hydroxylation is 1. The number of methoxy groups -OCH3 is 1. The Kier molecular flexibility index (Phi) is 8.00. The van der Waals surface area contributed by atoms with E-state index in [1.807, 2.05) is 37.3 Å². The molecule has 0 saturated carbocycles. The Morgan fingerprint density at radius 2 is 1.75 bits per heavy atom. The maximum Gasteiger partial charge on any atom is 0.335 e. The summed E-state index contributed by atoms with van der Waals surface area (Å²) in [6, 6.07) is 16.6. The van der Waals surface area contributed by atoms with Crippen molar-refractivity contribution in [2.75, 3.05) is 19.0 Å². The van der Waals surface area contributed by atoms with Crippen LogP contribution in [0.1, 0.15) is 34.0 Å². The second-order valence-corrected chi connectivity index (χ2v) is 7.97. The monoisotopic (exact) mass is 499 g/mol. The van der Waals surface area contributed by atoms with Gasteiger partial charge >= 0.3 is 5.97 Å². The largest absolute Gasteiger partial charge is 0.495 e. The summed E-state index contributed by atoms with van der Waals surface area (Å²) < 4.78 is 18.1. The topological polar surface area (TPSA) is 77.0 Å². The molecule has 6 nitrogen and oxygen atoms in total. The molecule has 0 radical (unpaired) electrons. The number of carboxylic acid groups (broad SMARTS) is 1. The third kappa shape index (κ3) is 5.73. The van der Waals surface area contributed by atoms with Crippen LogP contribution in [0.15, 0.2) is 59.1 Å². The molecular weight excluding hydrogens is 474 g/mol. The zero-order chi connectivity index (χ0) is 23.1. The normalized spacial score (nSPS) is 10.5. The van der Waals surface area contributed by atoms with Gasteiger partial charge in [-0.2, -0.15) is 0 Å². The molecule has 0 amide bonds. The quantitative estimate of drug-likeness (QED) is 0.353. The van der Waals surface area contributed by atoms with Crippen LogP contribution < -0.4 is 19.5 Å². The fourth-order valence-corrected chi connectivity index (χ4v) is 3.65. The van der Waals surface area contributed by atoms with Gasteiger partial charge in [-0.3, -0.25) is 0 Å². The molecule has 168 valence electrons. The lowest BCUT2D eigenvalue weighted by atomic mass is 10.1. The van der Waals surface area contributed by atoms with E-state index in [1.165, 1.54) is 11.6 Å². The number of halogens is 1. The number of carboxylic acids is 1. The number of nitrogens with one attached hydrogen (secondary N) is 1. The molecule has 7 heteroatoms. The highest BCUT2D eigenvalue weighted by Crippen LogP contribution is 2.35.